The first-order chi connectivity index (χ1) is 11.3. The number of carbonyl (C=O) groups excluding carboxylic acids is 1. The van der Waals surface area contributed by atoms with Crippen LogP contribution in [0.5, 0.6) is 0 Å². The molecule has 3 heterocycles. The number of hydrogen-bond acceptors (Lipinski definition) is 5. The number of piperidine rings is 1. The molecule has 5 nitrogen and oxygen atoms in total. The number of hydrogen-bond donors (Lipinski definition) is 0. The van der Waals surface area contributed by atoms with Crippen molar-refractivity contribution in [3.8, 4) is 0 Å². The topological polar surface area (TPSA) is 49.6 Å². The maximum absolute atomic E-state index is 12.7. The van der Waals surface area contributed by atoms with Gasteiger partial charge in [0.15, 0.2) is 5.58 Å². The van der Waals surface area contributed by atoms with Crippen LogP contribution in [0.2, 0.25) is 0 Å². The summed E-state index contributed by atoms with van der Waals surface area (Å²) in [6, 6.07) is 8.46. The zero-order valence-electron chi connectivity index (χ0n) is 13.1. The van der Waals surface area contributed by atoms with Gasteiger partial charge in [0, 0.05) is 37.7 Å². The number of carbonyl (C=O) groups is 1. The molecule has 1 atom stereocenters. The lowest BCUT2D eigenvalue weighted by atomic mass is 9.96. The second-order valence-electron chi connectivity index (χ2n) is 6.19. The van der Waals surface area contributed by atoms with E-state index in [9.17, 15) is 4.79 Å². The molecule has 1 aromatic carbocycles. The van der Waals surface area contributed by atoms with Crippen molar-refractivity contribution in [3.05, 3.63) is 24.3 Å². The lowest BCUT2D eigenvalue weighted by Gasteiger charge is -2.35. The Hall–Kier alpha value is -1.69. The quantitative estimate of drug-likeness (QED) is 0.847. The van der Waals surface area contributed by atoms with Crippen LogP contribution in [0, 0.1) is 5.92 Å². The average molecular weight is 331 g/mol. The van der Waals surface area contributed by atoms with Crippen LogP contribution in [-0.4, -0.2) is 53.5 Å². The number of thioether (sulfide) groups is 1. The van der Waals surface area contributed by atoms with Crippen LogP contribution < -0.4 is 4.90 Å². The van der Waals surface area contributed by atoms with Crippen molar-refractivity contribution < 1.29 is 9.21 Å². The number of nitrogens with zero attached hydrogens (tertiary/aromatic N) is 3. The van der Waals surface area contributed by atoms with Crippen LogP contribution >= 0.6 is 11.8 Å². The minimum atomic E-state index is 0.0712. The molecule has 2 saturated heterocycles. The zero-order valence-corrected chi connectivity index (χ0v) is 13.9. The smallest absolute Gasteiger partial charge is 0.298 e. The highest BCUT2D eigenvalue weighted by atomic mass is 32.2. The molecule has 2 aromatic rings. The Morgan fingerprint density at radius 1 is 1.22 bits per heavy atom. The summed E-state index contributed by atoms with van der Waals surface area (Å²) in [7, 11) is 0. The monoisotopic (exact) mass is 331 g/mol. The van der Waals surface area contributed by atoms with E-state index >= 15 is 0 Å². The first-order valence-electron chi connectivity index (χ1n) is 8.28. The number of oxazole rings is 1. The summed E-state index contributed by atoms with van der Waals surface area (Å²) in [4.78, 5) is 21.5. The molecule has 2 aliphatic heterocycles. The molecule has 1 amide bonds. The molecule has 0 spiro atoms. The van der Waals surface area contributed by atoms with E-state index in [4.69, 9.17) is 4.42 Å². The maximum Gasteiger partial charge on any atom is 0.298 e. The number of fused-ring (bicyclic) bond motifs is 1. The van der Waals surface area contributed by atoms with Gasteiger partial charge < -0.3 is 14.2 Å². The Balaban J connectivity index is 1.48. The van der Waals surface area contributed by atoms with Gasteiger partial charge in [-0.25, -0.2) is 0 Å². The maximum atomic E-state index is 12.7. The molecule has 1 unspecified atom stereocenters. The fraction of sp³-hybridized carbons (Fsp3) is 0.529. The highest BCUT2D eigenvalue weighted by Crippen LogP contribution is 2.27. The summed E-state index contributed by atoms with van der Waals surface area (Å²) in [5.74, 6) is 2.51. The highest BCUT2D eigenvalue weighted by Gasteiger charge is 2.31. The van der Waals surface area contributed by atoms with Crippen molar-refractivity contribution in [2.75, 3.05) is 42.6 Å². The third-order valence-electron chi connectivity index (χ3n) is 4.65. The van der Waals surface area contributed by atoms with E-state index in [0.717, 1.165) is 61.6 Å². The fourth-order valence-corrected chi connectivity index (χ4v) is 4.29. The first-order valence-corrected chi connectivity index (χ1v) is 9.44. The van der Waals surface area contributed by atoms with Gasteiger partial charge >= 0.3 is 0 Å². The molecule has 6 heteroatoms. The van der Waals surface area contributed by atoms with Crippen molar-refractivity contribution in [1.82, 2.24) is 9.88 Å². The molecule has 0 bridgehead atoms. The van der Waals surface area contributed by atoms with E-state index < -0.39 is 0 Å². The second-order valence-corrected chi connectivity index (χ2v) is 7.41. The zero-order chi connectivity index (χ0) is 15.6. The molecular weight excluding hydrogens is 310 g/mol. The van der Waals surface area contributed by atoms with Crippen LogP contribution in [0.4, 0.5) is 6.01 Å². The molecule has 0 radical (unpaired) electrons. The largest absolute Gasteiger partial charge is 0.423 e. The molecule has 23 heavy (non-hydrogen) atoms. The normalized spacial score (nSPS) is 22.5. The third kappa shape index (κ3) is 3.04. The molecule has 122 valence electrons. The van der Waals surface area contributed by atoms with Gasteiger partial charge in [0.2, 0.25) is 5.91 Å². The van der Waals surface area contributed by atoms with Crippen LogP contribution in [0.15, 0.2) is 28.7 Å². The Labute approximate surface area is 140 Å². The SMILES string of the molecule is O=C(C1CCCN(c2nc3ccccc3o2)C1)N1CCSCC1. The van der Waals surface area contributed by atoms with Gasteiger partial charge in [-0.05, 0) is 25.0 Å². The van der Waals surface area contributed by atoms with Crippen molar-refractivity contribution in [1.29, 1.82) is 0 Å². The van der Waals surface area contributed by atoms with E-state index in [1.807, 2.05) is 40.9 Å². The number of para-hydroxylation sites is 2. The van der Waals surface area contributed by atoms with Crippen LogP contribution in [-0.2, 0) is 4.79 Å². The summed E-state index contributed by atoms with van der Waals surface area (Å²) >= 11 is 1.93. The molecule has 0 N–H and O–H groups in total. The van der Waals surface area contributed by atoms with Crippen LogP contribution in [0.25, 0.3) is 11.1 Å². The molecule has 2 fully saturated rings. The van der Waals surface area contributed by atoms with E-state index in [1.54, 1.807) is 0 Å². The number of benzene rings is 1. The first kappa shape index (κ1) is 14.9. The van der Waals surface area contributed by atoms with Gasteiger partial charge in [-0.3, -0.25) is 4.79 Å². The Morgan fingerprint density at radius 3 is 2.87 bits per heavy atom. The van der Waals surface area contributed by atoms with E-state index in [2.05, 4.69) is 9.88 Å². The average Bonchev–Trinajstić information content (AvgIpc) is 3.06. The van der Waals surface area contributed by atoms with Crippen molar-refractivity contribution in [2.45, 2.75) is 12.8 Å². The van der Waals surface area contributed by atoms with Crippen LogP contribution in [0.1, 0.15) is 12.8 Å². The van der Waals surface area contributed by atoms with Gasteiger partial charge in [0.25, 0.3) is 6.01 Å². The van der Waals surface area contributed by atoms with Crippen molar-refractivity contribution in [2.24, 2.45) is 5.92 Å². The predicted octanol–water partition coefficient (Wildman–Crippen LogP) is 2.62. The minimum absolute atomic E-state index is 0.0712. The molecule has 2 aliphatic rings. The Bertz CT molecular complexity index is 663. The van der Waals surface area contributed by atoms with Crippen molar-refractivity contribution >= 4 is 34.8 Å². The lowest BCUT2D eigenvalue weighted by molar-refractivity contribution is -0.135. The van der Waals surface area contributed by atoms with Gasteiger partial charge in [-0.1, -0.05) is 12.1 Å². The molecule has 4 rings (SSSR count). The minimum Gasteiger partial charge on any atom is -0.423 e. The summed E-state index contributed by atoms with van der Waals surface area (Å²) < 4.78 is 5.87. The number of rotatable bonds is 2. The lowest BCUT2D eigenvalue weighted by Crippen LogP contribution is -2.47. The Morgan fingerprint density at radius 2 is 2.04 bits per heavy atom. The summed E-state index contributed by atoms with van der Waals surface area (Å²) in [5, 5.41) is 0. The third-order valence-corrected chi connectivity index (χ3v) is 5.59. The van der Waals surface area contributed by atoms with Crippen LogP contribution in [0.3, 0.4) is 0 Å². The molecular formula is C17H21N3O2S. The fourth-order valence-electron chi connectivity index (χ4n) is 3.39. The summed E-state index contributed by atoms with van der Waals surface area (Å²) in [5.41, 5.74) is 1.69. The van der Waals surface area contributed by atoms with Gasteiger partial charge in [-0.2, -0.15) is 16.7 Å². The van der Waals surface area contributed by atoms with Gasteiger partial charge in [0.05, 0.1) is 5.92 Å². The van der Waals surface area contributed by atoms with E-state index in [-0.39, 0.29) is 5.92 Å². The standard InChI is InChI=1S/C17H21N3O2S/c21-16(19-8-10-23-11-9-19)13-4-3-7-20(12-13)17-18-14-5-1-2-6-15(14)22-17/h1-2,5-6,13H,3-4,7-12H2. The van der Waals surface area contributed by atoms with E-state index in [1.165, 1.54) is 0 Å². The predicted molar refractivity (Wildman–Crippen MR) is 92.9 cm³/mol. The number of anilines is 1. The molecule has 0 saturated carbocycles. The van der Waals surface area contributed by atoms with Gasteiger partial charge in [-0.15, -0.1) is 0 Å². The molecule has 1 aromatic heterocycles. The Kier molecular flexibility index (Phi) is 4.16. The summed E-state index contributed by atoms with van der Waals surface area (Å²) in [6.45, 7) is 3.41. The highest BCUT2D eigenvalue weighted by molar-refractivity contribution is 7.99. The second kappa shape index (κ2) is 6.43. The summed E-state index contributed by atoms with van der Waals surface area (Å²) in [6.07, 6.45) is 1.98. The van der Waals surface area contributed by atoms with Gasteiger partial charge in [0.1, 0.15) is 5.52 Å². The van der Waals surface area contributed by atoms with Crippen molar-refractivity contribution in [3.63, 3.8) is 0 Å². The molecule has 0 aliphatic carbocycles. The van der Waals surface area contributed by atoms with E-state index in [0.29, 0.717) is 11.9 Å². The number of amides is 1. The number of aromatic nitrogens is 1.